The molecule has 2 rings (SSSR count). The Hall–Kier alpha value is -1.50. The summed E-state index contributed by atoms with van der Waals surface area (Å²) in [6, 6.07) is 0. The number of rotatable bonds is 43. The van der Waals surface area contributed by atoms with Crippen molar-refractivity contribution in [1.29, 1.82) is 0 Å². The molecule has 396 valence electrons. The van der Waals surface area contributed by atoms with Crippen molar-refractivity contribution in [2.24, 2.45) is 0 Å². The fourth-order valence-corrected chi connectivity index (χ4v) is 8.87. The molecule has 2 aliphatic heterocycles. The number of unbranched alkanes of at least 4 members (excludes halogenated alkanes) is 29. The Labute approximate surface area is 404 Å². The smallest absolute Gasteiger partial charge is 0.306 e. The van der Waals surface area contributed by atoms with Crippen LogP contribution in [0.2, 0.25) is 0 Å². The molecule has 67 heavy (non-hydrogen) atoms. The average molecular weight is 963 g/mol. The number of aliphatic hydroxyl groups is 7. The van der Waals surface area contributed by atoms with Gasteiger partial charge in [-0.25, -0.2) is 0 Å². The van der Waals surface area contributed by atoms with Crippen molar-refractivity contribution >= 4 is 11.9 Å². The lowest BCUT2D eigenvalue weighted by Crippen LogP contribution is -2.61. The Kier molecular flexibility index (Phi) is 36.9. The average Bonchev–Trinajstić information content (AvgIpc) is 3.32. The highest BCUT2D eigenvalue weighted by Crippen LogP contribution is 2.27. The van der Waals surface area contributed by atoms with Gasteiger partial charge in [-0.3, -0.25) is 9.59 Å². The van der Waals surface area contributed by atoms with Crippen molar-refractivity contribution in [3.05, 3.63) is 0 Å². The van der Waals surface area contributed by atoms with Crippen LogP contribution in [0.15, 0.2) is 0 Å². The van der Waals surface area contributed by atoms with E-state index in [-0.39, 0.29) is 26.1 Å². The van der Waals surface area contributed by atoms with E-state index in [1.165, 1.54) is 148 Å². The second-order valence-corrected chi connectivity index (χ2v) is 19.4. The van der Waals surface area contributed by atoms with Crippen molar-refractivity contribution < 1.29 is 73.8 Å². The third-order valence-electron chi connectivity index (χ3n) is 13.3. The zero-order chi connectivity index (χ0) is 48.9. The SMILES string of the molecule is CCCCCCCCCCCCCCCCCCC(=O)OC[C@@H](CO[C@@H]1O[C@H](CO[C@@H]2O[C@H](CO)[C@H](O)C(O)C2O)[C@H](O)C(O)C1O)OC(=O)CCCCCCCCCCCCCCCCC. The maximum absolute atomic E-state index is 13.0. The predicted octanol–water partition coefficient (Wildman–Crippen LogP) is 8.00. The summed E-state index contributed by atoms with van der Waals surface area (Å²) in [6.45, 7) is 2.64. The molecule has 15 heteroatoms. The lowest BCUT2D eigenvalue weighted by Gasteiger charge is -2.42. The van der Waals surface area contributed by atoms with Gasteiger partial charge in [-0.1, -0.05) is 200 Å². The van der Waals surface area contributed by atoms with Crippen molar-refractivity contribution in [2.45, 2.75) is 293 Å². The van der Waals surface area contributed by atoms with Gasteiger partial charge in [0.25, 0.3) is 0 Å². The molecule has 0 aliphatic carbocycles. The van der Waals surface area contributed by atoms with E-state index in [4.69, 9.17) is 28.4 Å². The van der Waals surface area contributed by atoms with Crippen LogP contribution in [0.5, 0.6) is 0 Å². The summed E-state index contributed by atoms with van der Waals surface area (Å²) in [5.74, 6) is -0.907. The molecule has 11 atom stereocenters. The van der Waals surface area contributed by atoms with E-state index in [1.54, 1.807) is 0 Å². The Morgan fingerprint density at radius 2 is 0.761 bits per heavy atom. The first-order valence-corrected chi connectivity index (χ1v) is 27.1. The summed E-state index contributed by atoms with van der Waals surface area (Å²) >= 11 is 0. The number of carbonyl (C=O) groups is 2. The number of hydrogen-bond donors (Lipinski definition) is 7. The number of aliphatic hydroxyl groups excluding tert-OH is 7. The van der Waals surface area contributed by atoms with Crippen LogP contribution in [0.25, 0.3) is 0 Å². The zero-order valence-corrected chi connectivity index (χ0v) is 41.9. The molecule has 2 aliphatic rings. The van der Waals surface area contributed by atoms with Gasteiger partial charge in [0, 0.05) is 12.8 Å². The van der Waals surface area contributed by atoms with E-state index < -0.39 is 92.7 Å². The number of hydrogen-bond acceptors (Lipinski definition) is 15. The van der Waals surface area contributed by atoms with Crippen LogP contribution in [-0.4, -0.2) is 142 Å². The van der Waals surface area contributed by atoms with E-state index >= 15 is 0 Å². The molecule has 2 heterocycles. The van der Waals surface area contributed by atoms with Crippen LogP contribution in [0.4, 0.5) is 0 Å². The zero-order valence-electron chi connectivity index (χ0n) is 41.9. The molecule has 0 aromatic rings. The topological polar surface area (TPSA) is 231 Å². The fraction of sp³-hybridized carbons (Fsp3) is 0.962. The molecule has 7 N–H and O–H groups in total. The van der Waals surface area contributed by atoms with Gasteiger partial charge in [0.1, 0.15) is 55.4 Å². The van der Waals surface area contributed by atoms with Crippen molar-refractivity contribution in [1.82, 2.24) is 0 Å². The standard InChI is InChI=1S/C52H98O15/c1-3-5-7-9-11-13-15-17-19-21-22-24-26-28-30-32-34-43(54)62-37-40(65-44(55)35-33-31-29-27-25-23-20-18-16-14-12-10-8-6-4-2)38-63-51-50(61)48(59)46(57)42(67-51)39-64-52-49(60)47(58)45(56)41(36-53)66-52/h40-42,45-53,56-61H,3-39H2,1-2H3/t40-,41+,42+,45-,46-,47?,48?,49?,50?,51+,52+/m0/s1. The quantitative estimate of drug-likeness (QED) is 0.0227. The highest BCUT2D eigenvalue weighted by atomic mass is 16.7. The van der Waals surface area contributed by atoms with Crippen molar-refractivity contribution in [2.75, 3.05) is 26.4 Å². The monoisotopic (exact) mass is 963 g/mol. The minimum atomic E-state index is -1.76. The van der Waals surface area contributed by atoms with Gasteiger partial charge >= 0.3 is 11.9 Å². The lowest BCUT2D eigenvalue weighted by atomic mass is 9.98. The third kappa shape index (κ3) is 28.2. The fourth-order valence-electron chi connectivity index (χ4n) is 8.87. The third-order valence-corrected chi connectivity index (χ3v) is 13.3. The van der Waals surface area contributed by atoms with Gasteiger partial charge in [-0.05, 0) is 12.8 Å². The Morgan fingerprint density at radius 3 is 1.16 bits per heavy atom. The minimum Gasteiger partial charge on any atom is -0.462 e. The summed E-state index contributed by atoms with van der Waals surface area (Å²) in [5, 5.41) is 72.1. The maximum Gasteiger partial charge on any atom is 0.306 e. The molecular formula is C52H98O15. The molecule has 2 saturated heterocycles. The van der Waals surface area contributed by atoms with Crippen LogP contribution in [0, 0.1) is 0 Å². The second kappa shape index (κ2) is 40.1. The number of esters is 2. The Morgan fingerprint density at radius 1 is 0.418 bits per heavy atom. The van der Waals surface area contributed by atoms with Crippen LogP contribution < -0.4 is 0 Å². The highest BCUT2D eigenvalue weighted by molar-refractivity contribution is 5.70. The van der Waals surface area contributed by atoms with Crippen LogP contribution >= 0.6 is 0 Å². The normalized spacial score (nSPS) is 25.9. The minimum absolute atomic E-state index is 0.173. The Bertz CT molecular complexity index is 1180. The number of ether oxygens (including phenoxy) is 6. The summed E-state index contributed by atoms with van der Waals surface area (Å²) in [7, 11) is 0. The Balaban J connectivity index is 1.78. The van der Waals surface area contributed by atoms with E-state index in [9.17, 15) is 45.3 Å². The van der Waals surface area contributed by atoms with Gasteiger partial charge in [0.15, 0.2) is 18.7 Å². The summed E-state index contributed by atoms with van der Waals surface area (Å²) in [6.07, 6.45) is 21.2. The van der Waals surface area contributed by atoms with Gasteiger partial charge < -0.3 is 64.2 Å². The van der Waals surface area contributed by atoms with Gasteiger partial charge in [-0.2, -0.15) is 0 Å². The van der Waals surface area contributed by atoms with Gasteiger partial charge in [0.2, 0.25) is 0 Å². The molecule has 15 nitrogen and oxygen atoms in total. The van der Waals surface area contributed by atoms with Crippen molar-refractivity contribution in [3.8, 4) is 0 Å². The van der Waals surface area contributed by atoms with E-state index in [2.05, 4.69) is 13.8 Å². The van der Waals surface area contributed by atoms with E-state index in [1.807, 2.05) is 0 Å². The molecule has 2 fully saturated rings. The summed E-state index contributed by atoms with van der Waals surface area (Å²) in [5.41, 5.74) is 0. The van der Waals surface area contributed by atoms with Crippen LogP contribution in [0.3, 0.4) is 0 Å². The molecular weight excluding hydrogens is 865 g/mol. The largest absolute Gasteiger partial charge is 0.462 e. The summed E-state index contributed by atoms with van der Waals surface area (Å²) in [4.78, 5) is 25.8. The van der Waals surface area contributed by atoms with Crippen LogP contribution in [-0.2, 0) is 38.0 Å². The molecule has 0 aromatic carbocycles. The first-order valence-electron chi connectivity index (χ1n) is 27.1. The molecule has 0 saturated carbocycles. The molecule has 0 aromatic heterocycles. The van der Waals surface area contributed by atoms with E-state index in [0.29, 0.717) is 12.8 Å². The first-order chi connectivity index (χ1) is 32.5. The second-order valence-electron chi connectivity index (χ2n) is 19.4. The molecule has 0 spiro atoms. The summed E-state index contributed by atoms with van der Waals surface area (Å²) < 4.78 is 33.6. The molecule has 0 radical (unpaired) electrons. The van der Waals surface area contributed by atoms with Crippen molar-refractivity contribution in [3.63, 3.8) is 0 Å². The van der Waals surface area contributed by atoms with E-state index in [0.717, 1.165) is 38.5 Å². The van der Waals surface area contributed by atoms with Gasteiger partial charge in [0.05, 0.1) is 19.8 Å². The van der Waals surface area contributed by atoms with Crippen LogP contribution in [0.1, 0.15) is 226 Å². The lowest BCUT2D eigenvalue weighted by molar-refractivity contribution is -0.332. The molecule has 0 bridgehead atoms. The first kappa shape index (κ1) is 61.6. The molecule has 4 unspecified atom stereocenters. The number of carbonyl (C=O) groups excluding carboxylic acids is 2. The maximum atomic E-state index is 13.0. The van der Waals surface area contributed by atoms with Gasteiger partial charge in [-0.15, -0.1) is 0 Å². The molecule has 0 amide bonds. The predicted molar refractivity (Wildman–Crippen MR) is 257 cm³/mol. The highest BCUT2D eigenvalue weighted by Gasteiger charge is 2.47.